The lowest BCUT2D eigenvalue weighted by atomic mass is 10.0. The van der Waals surface area contributed by atoms with Crippen molar-refractivity contribution in [3.05, 3.63) is 17.9 Å². The summed E-state index contributed by atoms with van der Waals surface area (Å²) in [6, 6.07) is 2.70. The van der Waals surface area contributed by atoms with Crippen LogP contribution in [-0.2, 0) is 10.0 Å². The van der Waals surface area contributed by atoms with Crippen molar-refractivity contribution in [2.45, 2.75) is 24.9 Å². The number of sulfonamides is 1. The highest BCUT2D eigenvalue weighted by Crippen LogP contribution is 2.24. The molecule has 2 rings (SSSR count). The molecule has 0 saturated carbocycles. The highest BCUT2D eigenvalue weighted by atomic mass is 32.2. The third kappa shape index (κ3) is 2.42. The van der Waals surface area contributed by atoms with Gasteiger partial charge in [0, 0.05) is 13.1 Å². The second-order valence-corrected chi connectivity index (χ2v) is 6.23. The zero-order valence-corrected chi connectivity index (χ0v) is 10.4. The quantitative estimate of drug-likeness (QED) is 0.770. The van der Waals surface area contributed by atoms with Gasteiger partial charge in [-0.15, -0.1) is 0 Å². The van der Waals surface area contributed by atoms with E-state index in [1.165, 1.54) is 16.4 Å². The summed E-state index contributed by atoms with van der Waals surface area (Å²) in [6.07, 6.45) is 2.22. The Hall–Kier alpha value is -1.14. The molecule has 1 aliphatic rings. The summed E-state index contributed by atoms with van der Waals surface area (Å²) in [4.78, 5) is 10.5. The number of carbonyl (C=O) groups is 1. The fourth-order valence-electron chi connectivity index (χ4n) is 1.89. The van der Waals surface area contributed by atoms with E-state index in [1.54, 1.807) is 0 Å². The molecule has 1 aliphatic heterocycles. The van der Waals surface area contributed by atoms with Gasteiger partial charge < -0.3 is 4.42 Å². The van der Waals surface area contributed by atoms with Gasteiger partial charge in [-0.05, 0) is 30.9 Å². The van der Waals surface area contributed by atoms with Crippen LogP contribution in [0.5, 0.6) is 0 Å². The molecule has 2 heterocycles. The van der Waals surface area contributed by atoms with Crippen LogP contribution in [-0.4, -0.2) is 32.1 Å². The highest BCUT2D eigenvalue weighted by Gasteiger charge is 2.30. The first kappa shape index (κ1) is 12.3. The van der Waals surface area contributed by atoms with E-state index in [0.29, 0.717) is 25.3 Å². The summed E-state index contributed by atoms with van der Waals surface area (Å²) in [7, 11) is -3.57. The van der Waals surface area contributed by atoms with E-state index in [-0.39, 0.29) is 10.9 Å². The first-order valence-corrected chi connectivity index (χ1v) is 7.03. The normalized spacial score (nSPS) is 19.4. The third-order valence-corrected chi connectivity index (χ3v) is 4.83. The van der Waals surface area contributed by atoms with E-state index in [4.69, 9.17) is 4.42 Å². The summed E-state index contributed by atoms with van der Waals surface area (Å²) in [5.41, 5.74) is 0. The highest BCUT2D eigenvalue weighted by molar-refractivity contribution is 7.89. The summed E-state index contributed by atoms with van der Waals surface area (Å²) < 4.78 is 30.7. The van der Waals surface area contributed by atoms with E-state index < -0.39 is 10.0 Å². The minimum Gasteiger partial charge on any atom is -0.440 e. The Morgan fingerprint density at radius 2 is 2.00 bits per heavy atom. The number of aldehydes is 1. The molecule has 1 saturated heterocycles. The SMILES string of the molecule is CC1CCN(S(=O)(=O)c2ccc(C=O)o2)CC1. The van der Waals surface area contributed by atoms with Gasteiger partial charge in [0.05, 0.1) is 0 Å². The van der Waals surface area contributed by atoms with Crippen molar-refractivity contribution < 1.29 is 17.6 Å². The first-order chi connectivity index (χ1) is 8.04. The lowest BCUT2D eigenvalue weighted by molar-refractivity contribution is 0.109. The Bertz CT molecular complexity index is 497. The minimum atomic E-state index is -3.57. The van der Waals surface area contributed by atoms with E-state index in [2.05, 4.69) is 6.92 Å². The molecule has 0 unspecified atom stereocenters. The Balaban J connectivity index is 2.21. The largest absolute Gasteiger partial charge is 0.440 e. The minimum absolute atomic E-state index is 0.0361. The Kier molecular flexibility index (Phi) is 3.35. The van der Waals surface area contributed by atoms with Crippen molar-refractivity contribution in [1.82, 2.24) is 4.31 Å². The molecule has 5 nitrogen and oxygen atoms in total. The number of furan rings is 1. The van der Waals surface area contributed by atoms with Crippen LogP contribution in [0.2, 0.25) is 0 Å². The predicted molar refractivity (Wildman–Crippen MR) is 61.3 cm³/mol. The number of carbonyl (C=O) groups excluding carboxylic acids is 1. The van der Waals surface area contributed by atoms with Crippen molar-refractivity contribution in [3.63, 3.8) is 0 Å². The fraction of sp³-hybridized carbons (Fsp3) is 0.545. The van der Waals surface area contributed by atoms with Gasteiger partial charge in [-0.1, -0.05) is 6.92 Å². The number of rotatable bonds is 3. The molecule has 0 radical (unpaired) electrons. The first-order valence-electron chi connectivity index (χ1n) is 5.59. The van der Waals surface area contributed by atoms with Crippen LogP contribution < -0.4 is 0 Å². The van der Waals surface area contributed by atoms with Crippen LogP contribution in [0.15, 0.2) is 21.6 Å². The topological polar surface area (TPSA) is 67.6 Å². The summed E-state index contributed by atoms with van der Waals surface area (Å²) >= 11 is 0. The molecule has 0 bridgehead atoms. The molecule has 6 heteroatoms. The maximum Gasteiger partial charge on any atom is 0.276 e. The zero-order chi connectivity index (χ0) is 12.5. The number of piperidine rings is 1. The fourth-order valence-corrected chi connectivity index (χ4v) is 3.28. The summed E-state index contributed by atoms with van der Waals surface area (Å²) in [6.45, 7) is 3.14. The van der Waals surface area contributed by atoms with Crippen molar-refractivity contribution in [2.24, 2.45) is 5.92 Å². The molecule has 0 spiro atoms. The van der Waals surface area contributed by atoms with Crippen molar-refractivity contribution in [2.75, 3.05) is 13.1 Å². The molecule has 0 aromatic carbocycles. The maximum absolute atomic E-state index is 12.1. The Labute approximate surface area is 100 Å². The molecule has 94 valence electrons. The monoisotopic (exact) mass is 257 g/mol. The molecule has 1 aromatic heterocycles. The van der Waals surface area contributed by atoms with Crippen molar-refractivity contribution >= 4 is 16.3 Å². The van der Waals surface area contributed by atoms with Crippen molar-refractivity contribution in [3.8, 4) is 0 Å². The van der Waals surface area contributed by atoms with Gasteiger partial charge in [-0.25, -0.2) is 8.42 Å². The van der Waals surface area contributed by atoms with Crippen LogP contribution in [0.3, 0.4) is 0 Å². The Morgan fingerprint density at radius 1 is 1.35 bits per heavy atom. The second kappa shape index (κ2) is 4.62. The van der Waals surface area contributed by atoms with Gasteiger partial charge >= 0.3 is 0 Å². The van der Waals surface area contributed by atoms with Crippen LogP contribution in [0.1, 0.15) is 30.3 Å². The summed E-state index contributed by atoms with van der Waals surface area (Å²) in [5, 5.41) is -0.144. The average molecular weight is 257 g/mol. The van der Waals surface area contributed by atoms with E-state index in [1.807, 2.05) is 0 Å². The van der Waals surface area contributed by atoms with Crippen molar-refractivity contribution in [1.29, 1.82) is 0 Å². The van der Waals surface area contributed by atoms with Crippen LogP contribution in [0, 0.1) is 5.92 Å². The lowest BCUT2D eigenvalue weighted by Gasteiger charge is -2.28. The van der Waals surface area contributed by atoms with Gasteiger partial charge in [0.25, 0.3) is 10.0 Å². The number of hydrogen-bond acceptors (Lipinski definition) is 4. The van der Waals surface area contributed by atoms with Gasteiger partial charge in [-0.2, -0.15) is 4.31 Å². The van der Waals surface area contributed by atoms with Crippen LogP contribution in [0.4, 0.5) is 0 Å². The molecule has 1 aromatic rings. The molecule has 17 heavy (non-hydrogen) atoms. The number of hydrogen-bond donors (Lipinski definition) is 0. The molecule has 0 atom stereocenters. The van der Waals surface area contributed by atoms with E-state index in [0.717, 1.165) is 12.8 Å². The van der Waals surface area contributed by atoms with Crippen LogP contribution in [0.25, 0.3) is 0 Å². The molecular weight excluding hydrogens is 242 g/mol. The van der Waals surface area contributed by atoms with Gasteiger partial charge in [0.15, 0.2) is 12.0 Å². The second-order valence-electron chi connectivity index (χ2n) is 4.36. The summed E-state index contributed by atoms with van der Waals surface area (Å²) in [5.74, 6) is 0.595. The zero-order valence-electron chi connectivity index (χ0n) is 9.63. The Morgan fingerprint density at radius 3 is 2.53 bits per heavy atom. The average Bonchev–Trinajstić information content (AvgIpc) is 2.78. The molecule has 0 N–H and O–H groups in total. The predicted octanol–water partition coefficient (Wildman–Crippen LogP) is 1.51. The van der Waals surface area contributed by atoms with Gasteiger partial charge in [-0.3, -0.25) is 4.79 Å². The van der Waals surface area contributed by atoms with Gasteiger partial charge in [0.1, 0.15) is 0 Å². The molecule has 0 amide bonds. The standard InChI is InChI=1S/C11H15NO4S/c1-9-4-6-12(7-5-9)17(14,15)11-3-2-10(8-13)16-11/h2-3,8-9H,4-7H2,1H3. The molecule has 0 aliphatic carbocycles. The third-order valence-electron chi connectivity index (χ3n) is 3.06. The van der Waals surface area contributed by atoms with Crippen LogP contribution >= 0.6 is 0 Å². The molecule has 1 fully saturated rings. The lowest BCUT2D eigenvalue weighted by Crippen LogP contribution is -2.37. The van der Waals surface area contributed by atoms with E-state index in [9.17, 15) is 13.2 Å². The maximum atomic E-state index is 12.1. The van der Waals surface area contributed by atoms with E-state index >= 15 is 0 Å². The molecular formula is C11H15NO4S. The number of nitrogens with zero attached hydrogens (tertiary/aromatic N) is 1. The van der Waals surface area contributed by atoms with Gasteiger partial charge in [0.2, 0.25) is 5.09 Å². The smallest absolute Gasteiger partial charge is 0.276 e.